The van der Waals surface area contributed by atoms with Crippen molar-refractivity contribution in [1.29, 1.82) is 0 Å². The van der Waals surface area contributed by atoms with Gasteiger partial charge in [0, 0.05) is 5.69 Å². The predicted octanol–water partition coefficient (Wildman–Crippen LogP) is 3.58. The predicted molar refractivity (Wildman–Crippen MR) is 67.8 cm³/mol. The lowest BCUT2D eigenvalue weighted by atomic mass is 10.2. The lowest BCUT2D eigenvalue weighted by molar-refractivity contribution is 0.0697. The standard InChI is InChI=1S/C14H12FNO2/c1-9-5-6-13(12(15)7-9)16-11-4-2-3-10(8-11)14(17)18/h2-8,16H,1H3,(H,17,18). The zero-order valence-corrected chi connectivity index (χ0v) is 9.77. The van der Waals surface area contributed by atoms with Crippen molar-refractivity contribution in [2.75, 3.05) is 5.32 Å². The summed E-state index contributed by atoms with van der Waals surface area (Å²) in [5.74, 6) is -1.38. The number of rotatable bonds is 3. The van der Waals surface area contributed by atoms with Gasteiger partial charge in [-0.15, -0.1) is 0 Å². The number of hydrogen-bond donors (Lipinski definition) is 2. The summed E-state index contributed by atoms with van der Waals surface area (Å²) >= 11 is 0. The molecule has 0 radical (unpaired) electrons. The van der Waals surface area contributed by atoms with E-state index in [2.05, 4.69) is 5.32 Å². The maximum absolute atomic E-state index is 13.6. The molecule has 0 fully saturated rings. The number of aromatic carboxylic acids is 1. The molecule has 2 aromatic carbocycles. The van der Waals surface area contributed by atoms with E-state index in [1.165, 1.54) is 18.2 Å². The zero-order valence-electron chi connectivity index (χ0n) is 9.77. The third-order valence-electron chi connectivity index (χ3n) is 2.51. The van der Waals surface area contributed by atoms with Gasteiger partial charge >= 0.3 is 5.97 Å². The molecule has 0 bridgehead atoms. The molecular formula is C14H12FNO2. The number of halogens is 1. The average Bonchev–Trinajstić information content (AvgIpc) is 2.33. The Kier molecular flexibility index (Phi) is 3.28. The van der Waals surface area contributed by atoms with Gasteiger partial charge in [0.15, 0.2) is 0 Å². The topological polar surface area (TPSA) is 49.3 Å². The Bertz CT molecular complexity index is 596. The van der Waals surface area contributed by atoms with Crippen molar-refractivity contribution < 1.29 is 14.3 Å². The second kappa shape index (κ2) is 4.87. The Hall–Kier alpha value is -2.36. The molecule has 0 aliphatic rings. The van der Waals surface area contributed by atoms with Gasteiger partial charge in [-0.05, 0) is 42.8 Å². The zero-order chi connectivity index (χ0) is 13.1. The molecular weight excluding hydrogens is 233 g/mol. The van der Waals surface area contributed by atoms with Crippen LogP contribution in [0.15, 0.2) is 42.5 Å². The number of carboxylic acid groups (broad SMARTS) is 1. The summed E-state index contributed by atoms with van der Waals surface area (Å²) in [5, 5.41) is 11.7. The average molecular weight is 245 g/mol. The summed E-state index contributed by atoms with van der Waals surface area (Å²) in [6.07, 6.45) is 0. The first kappa shape index (κ1) is 12.1. The second-order valence-electron chi connectivity index (χ2n) is 3.99. The van der Waals surface area contributed by atoms with Gasteiger partial charge in [0.25, 0.3) is 0 Å². The number of aryl methyl sites for hydroxylation is 1. The highest BCUT2D eigenvalue weighted by atomic mass is 19.1. The molecule has 2 N–H and O–H groups in total. The van der Waals surface area contributed by atoms with E-state index < -0.39 is 5.97 Å². The van der Waals surface area contributed by atoms with Gasteiger partial charge < -0.3 is 10.4 Å². The van der Waals surface area contributed by atoms with Crippen LogP contribution in [0.2, 0.25) is 0 Å². The van der Waals surface area contributed by atoms with Crippen LogP contribution in [0.3, 0.4) is 0 Å². The normalized spacial score (nSPS) is 10.1. The van der Waals surface area contributed by atoms with Crippen molar-refractivity contribution in [3.63, 3.8) is 0 Å². The van der Waals surface area contributed by atoms with Gasteiger partial charge in [-0.1, -0.05) is 12.1 Å². The number of benzene rings is 2. The molecule has 0 heterocycles. The largest absolute Gasteiger partial charge is 0.478 e. The van der Waals surface area contributed by atoms with E-state index in [9.17, 15) is 9.18 Å². The van der Waals surface area contributed by atoms with E-state index in [-0.39, 0.29) is 11.4 Å². The van der Waals surface area contributed by atoms with Gasteiger partial charge in [0.1, 0.15) is 5.82 Å². The van der Waals surface area contributed by atoms with E-state index in [1.807, 2.05) is 0 Å². The number of hydrogen-bond acceptors (Lipinski definition) is 2. The van der Waals surface area contributed by atoms with Crippen molar-refractivity contribution in [3.05, 3.63) is 59.4 Å². The van der Waals surface area contributed by atoms with Crippen molar-refractivity contribution in [1.82, 2.24) is 0 Å². The molecule has 0 unspecified atom stereocenters. The lowest BCUT2D eigenvalue weighted by Gasteiger charge is -2.08. The summed E-state index contributed by atoms with van der Waals surface area (Å²) < 4.78 is 13.6. The Morgan fingerprint density at radius 3 is 2.67 bits per heavy atom. The van der Waals surface area contributed by atoms with E-state index in [0.29, 0.717) is 11.4 Å². The second-order valence-corrected chi connectivity index (χ2v) is 3.99. The van der Waals surface area contributed by atoms with Gasteiger partial charge in [0.2, 0.25) is 0 Å². The minimum atomic E-state index is -1.01. The summed E-state index contributed by atoms with van der Waals surface area (Å²) in [7, 11) is 0. The summed E-state index contributed by atoms with van der Waals surface area (Å²) in [6.45, 7) is 1.80. The fraction of sp³-hybridized carbons (Fsp3) is 0.0714. The van der Waals surface area contributed by atoms with E-state index in [0.717, 1.165) is 5.56 Å². The van der Waals surface area contributed by atoms with Crippen molar-refractivity contribution >= 4 is 17.3 Å². The maximum Gasteiger partial charge on any atom is 0.335 e. The molecule has 4 heteroatoms. The third-order valence-corrected chi connectivity index (χ3v) is 2.51. The molecule has 0 aromatic heterocycles. The first-order valence-corrected chi connectivity index (χ1v) is 5.43. The van der Waals surface area contributed by atoms with Crippen LogP contribution in [-0.2, 0) is 0 Å². The smallest absolute Gasteiger partial charge is 0.335 e. The number of carboxylic acids is 1. The SMILES string of the molecule is Cc1ccc(Nc2cccc(C(=O)O)c2)c(F)c1. The van der Waals surface area contributed by atoms with Gasteiger partial charge in [-0.2, -0.15) is 0 Å². The van der Waals surface area contributed by atoms with E-state index in [4.69, 9.17) is 5.11 Å². The third kappa shape index (κ3) is 2.66. The Labute approximate surface area is 104 Å². The maximum atomic E-state index is 13.6. The molecule has 0 saturated carbocycles. The minimum absolute atomic E-state index is 0.160. The molecule has 3 nitrogen and oxygen atoms in total. The lowest BCUT2D eigenvalue weighted by Crippen LogP contribution is -1.99. The Morgan fingerprint density at radius 2 is 2.00 bits per heavy atom. The number of nitrogens with one attached hydrogen (secondary N) is 1. The van der Waals surface area contributed by atoms with Crippen LogP contribution in [0.5, 0.6) is 0 Å². The van der Waals surface area contributed by atoms with Gasteiger partial charge in [-0.25, -0.2) is 9.18 Å². The van der Waals surface area contributed by atoms with Crippen molar-refractivity contribution in [2.45, 2.75) is 6.92 Å². The van der Waals surface area contributed by atoms with Crippen LogP contribution in [0.4, 0.5) is 15.8 Å². The van der Waals surface area contributed by atoms with E-state index in [1.54, 1.807) is 31.2 Å². The van der Waals surface area contributed by atoms with Crippen LogP contribution in [0.1, 0.15) is 15.9 Å². The molecule has 0 aliphatic carbocycles. The fourth-order valence-electron chi connectivity index (χ4n) is 1.61. The summed E-state index contributed by atoms with van der Waals surface area (Å²) in [4.78, 5) is 10.8. The summed E-state index contributed by atoms with van der Waals surface area (Å²) in [6, 6.07) is 11.1. The molecule has 0 amide bonds. The monoisotopic (exact) mass is 245 g/mol. The van der Waals surface area contributed by atoms with Crippen LogP contribution in [0.25, 0.3) is 0 Å². The molecule has 0 aliphatic heterocycles. The van der Waals surface area contributed by atoms with Gasteiger partial charge in [0.05, 0.1) is 11.3 Å². The Morgan fingerprint density at radius 1 is 1.22 bits per heavy atom. The van der Waals surface area contributed by atoms with Crippen molar-refractivity contribution in [2.24, 2.45) is 0 Å². The van der Waals surface area contributed by atoms with E-state index >= 15 is 0 Å². The Balaban J connectivity index is 2.28. The van der Waals surface area contributed by atoms with Crippen LogP contribution in [0, 0.1) is 12.7 Å². The fourth-order valence-corrected chi connectivity index (χ4v) is 1.61. The molecule has 18 heavy (non-hydrogen) atoms. The van der Waals surface area contributed by atoms with Crippen LogP contribution in [-0.4, -0.2) is 11.1 Å². The van der Waals surface area contributed by atoms with Gasteiger partial charge in [-0.3, -0.25) is 0 Å². The molecule has 0 saturated heterocycles. The quantitative estimate of drug-likeness (QED) is 0.869. The molecule has 2 aromatic rings. The van der Waals surface area contributed by atoms with Crippen molar-refractivity contribution in [3.8, 4) is 0 Å². The summed E-state index contributed by atoms with van der Waals surface area (Å²) in [5.41, 5.74) is 1.85. The first-order valence-electron chi connectivity index (χ1n) is 5.43. The minimum Gasteiger partial charge on any atom is -0.478 e. The molecule has 2 rings (SSSR count). The van der Waals surface area contributed by atoms with Crippen LogP contribution >= 0.6 is 0 Å². The highest BCUT2D eigenvalue weighted by Crippen LogP contribution is 2.21. The molecule has 0 atom stereocenters. The highest BCUT2D eigenvalue weighted by Gasteiger charge is 2.05. The number of carbonyl (C=O) groups is 1. The van der Waals surface area contributed by atoms with Crippen LogP contribution < -0.4 is 5.32 Å². The molecule has 0 spiro atoms. The number of anilines is 2. The molecule has 92 valence electrons. The highest BCUT2D eigenvalue weighted by molar-refractivity contribution is 5.89. The first-order chi connectivity index (χ1) is 8.56.